The molecule has 34 heavy (non-hydrogen) atoms. The standard InChI is InChI=1S/C27H30N4O3/c1-34-23-13-9-20(10-14-23)25-24(18-31(29-25)16-19-6-3-2-4-7-19)27(33)30-15-5-8-21(17-30)26(32)28-22-11-12-22/h2-4,6-7,9-10,13-14,18,21-22H,5,8,11-12,15-17H2,1H3,(H,28,32). The second-order valence-electron chi connectivity index (χ2n) is 9.18. The van der Waals surface area contributed by atoms with Crippen molar-refractivity contribution in [2.45, 2.75) is 38.3 Å². The van der Waals surface area contributed by atoms with Crippen molar-refractivity contribution in [2.75, 3.05) is 20.2 Å². The van der Waals surface area contributed by atoms with Gasteiger partial charge in [-0.25, -0.2) is 0 Å². The first kappa shape index (κ1) is 22.2. The first-order chi connectivity index (χ1) is 16.6. The topological polar surface area (TPSA) is 76.5 Å². The van der Waals surface area contributed by atoms with Crippen LogP contribution in [0.2, 0.25) is 0 Å². The Bertz CT molecular complexity index is 1150. The van der Waals surface area contributed by atoms with Crippen LogP contribution in [0.1, 0.15) is 41.6 Å². The average molecular weight is 459 g/mol. The largest absolute Gasteiger partial charge is 0.497 e. The molecule has 2 amide bonds. The molecule has 2 heterocycles. The van der Waals surface area contributed by atoms with Crippen molar-refractivity contribution in [1.82, 2.24) is 20.0 Å². The lowest BCUT2D eigenvalue weighted by Gasteiger charge is -2.32. The number of nitrogens with one attached hydrogen (secondary N) is 1. The fourth-order valence-corrected chi connectivity index (χ4v) is 4.48. The third-order valence-electron chi connectivity index (χ3n) is 6.55. The lowest BCUT2D eigenvalue weighted by molar-refractivity contribution is -0.126. The van der Waals surface area contributed by atoms with Crippen LogP contribution >= 0.6 is 0 Å². The summed E-state index contributed by atoms with van der Waals surface area (Å²) in [5, 5.41) is 7.90. The van der Waals surface area contributed by atoms with Gasteiger partial charge in [0.2, 0.25) is 5.91 Å². The third-order valence-corrected chi connectivity index (χ3v) is 6.55. The molecule has 1 aliphatic heterocycles. The molecule has 1 saturated carbocycles. The Morgan fingerprint density at radius 2 is 1.82 bits per heavy atom. The van der Waals surface area contributed by atoms with Crippen molar-refractivity contribution >= 4 is 11.8 Å². The molecule has 3 aromatic rings. The van der Waals surface area contributed by atoms with Gasteiger partial charge in [-0.1, -0.05) is 30.3 Å². The van der Waals surface area contributed by atoms with E-state index in [0.29, 0.717) is 36.9 Å². The van der Waals surface area contributed by atoms with Crippen molar-refractivity contribution in [2.24, 2.45) is 5.92 Å². The number of carbonyl (C=O) groups is 2. The molecular formula is C27H30N4O3. The van der Waals surface area contributed by atoms with E-state index in [1.165, 1.54) is 0 Å². The summed E-state index contributed by atoms with van der Waals surface area (Å²) in [5.74, 6) is 0.604. The molecule has 0 spiro atoms. The zero-order valence-electron chi connectivity index (χ0n) is 19.4. The highest BCUT2D eigenvalue weighted by molar-refractivity contribution is 6.00. The molecule has 1 saturated heterocycles. The van der Waals surface area contributed by atoms with Gasteiger partial charge < -0.3 is 15.0 Å². The second kappa shape index (κ2) is 9.71. The van der Waals surface area contributed by atoms with Crippen molar-refractivity contribution in [3.63, 3.8) is 0 Å². The molecule has 0 bridgehead atoms. The van der Waals surface area contributed by atoms with Gasteiger partial charge in [0.05, 0.1) is 25.1 Å². The molecule has 0 radical (unpaired) electrons. The Kier molecular flexibility index (Phi) is 6.34. The molecule has 2 aromatic carbocycles. The van der Waals surface area contributed by atoms with Crippen LogP contribution < -0.4 is 10.1 Å². The first-order valence-corrected chi connectivity index (χ1v) is 12.0. The lowest BCUT2D eigenvalue weighted by Crippen LogP contribution is -2.45. The number of benzene rings is 2. The molecule has 7 heteroatoms. The average Bonchev–Trinajstić information content (AvgIpc) is 3.60. The van der Waals surface area contributed by atoms with Crippen molar-refractivity contribution in [3.05, 3.63) is 71.9 Å². The smallest absolute Gasteiger partial charge is 0.257 e. The predicted octanol–water partition coefficient (Wildman–Crippen LogP) is 3.74. The van der Waals surface area contributed by atoms with Gasteiger partial charge in [0, 0.05) is 30.9 Å². The van der Waals surface area contributed by atoms with Crippen molar-refractivity contribution < 1.29 is 14.3 Å². The SMILES string of the molecule is COc1ccc(-c2nn(Cc3ccccc3)cc2C(=O)N2CCCC(C(=O)NC3CC3)C2)cc1. The Labute approximate surface area is 199 Å². The minimum absolute atomic E-state index is 0.0750. The summed E-state index contributed by atoms with van der Waals surface area (Å²) >= 11 is 0. The molecule has 1 N–H and O–H groups in total. The van der Waals surface area contributed by atoms with Crippen molar-refractivity contribution in [1.29, 1.82) is 0 Å². The molecule has 1 atom stereocenters. The van der Waals surface area contributed by atoms with E-state index in [4.69, 9.17) is 9.84 Å². The van der Waals surface area contributed by atoms with Gasteiger partial charge in [-0.05, 0) is 55.5 Å². The normalized spacial score (nSPS) is 17.9. The zero-order chi connectivity index (χ0) is 23.5. The zero-order valence-corrected chi connectivity index (χ0v) is 19.4. The van der Waals surface area contributed by atoms with Crippen LogP contribution in [0.15, 0.2) is 60.8 Å². The summed E-state index contributed by atoms with van der Waals surface area (Å²) in [6.45, 7) is 1.67. The minimum Gasteiger partial charge on any atom is -0.497 e. The van der Waals surface area contributed by atoms with Crippen LogP contribution in [-0.2, 0) is 11.3 Å². The second-order valence-corrected chi connectivity index (χ2v) is 9.18. The molecule has 176 valence electrons. The maximum absolute atomic E-state index is 13.7. The van der Waals surface area contributed by atoms with E-state index in [1.54, 1.807) is 7.11 Å². The highest BCUT2D eigenvalue weighted by atomic mass is 16.5. The molecule has 1 unspecified atom stereocenters. The van der Waals surface area contributed by atoms with Gasteiger partial charge in [0.25, 0.3) is 5.91 Å². The number of amides is 2. The summed E-state index contributed by atoms with van der Waals surface area (Å²) in [6, 6.07) is 18.0. The van der Waals surface area contributed by atoms with Gasteiger partial charge in [-0.15, -0.1) is 0 Å². The number of methoxy groups -OCH3 is 1. The van der Waals surface area contributed by atoms with Crippen molar-refractivity contribution in [3.8, 4) is 17.0 Å². The summed E-state index contributed by atoms with van der Waals surface area (Å²) in [6.07, 6.45) is 5.61. The van der Waals surface area contributed by atoms with E-state index in [1.807, 2.05) is 70.4 Å². The van der Waals surface area contributed by atoms with Crippen LogP contribution in [0.4, 0.5) is 0 Å². The van der Waals surface area contributed by atoms with E-state index >= 15 is 0 Å². The fourth-order valence-electron chi connectivity index (χ4n) is 4.48. The number of nitrogens with zero attached hydrogens (tertiary/aromatic N) is 3. The van der Waals surface area contributed by atoms with E-state index in [0.717, 1.165) is 42.6 Å². The number of aromatic nitrogens is 2. The predicted molar refractivity (Wildman–Crippen MR) is 130 cm³/mol. The Hall–Kier alpha value is -3.61. The number of ether oxygens (including phenoxy) is 1. The number of hydrogen-bond acceptors (Lipinski definition) is 4. The van der Waals surface area contributed by atoms with Crippen LogP contribution in [-0.4, -0.2) is 52.7 Å². The van der Waals surface area contributed by atoms with Crippen LogP contribution in [0.5, 0.6) is 5.75 Å². The quantitative estimate of drug-likeness (QED) is 0.585. The first-order valence-electron chi connectivity index (χ1n) is 12.0. The molecule has 7 nitrogen and oxygen atoms in total. The van der Waals surface area contributed by atoms with Gasteiger partial charge in [0.1, 0.15) is 11.4 Å². The molecule has 5 rings (SSSR count). The number of hydrogen-bond donors (Lipinski definition) is 1. The maximum Gasteiger partial charge on any atom is 0.257 e. The van der Waals surface area contributed by atoms with Gasteiger partial charge >= 0.3 is 0 Å². The molecule has 2 fully saturated rings. The number of piperidine rings is 1. The van der Waals surface area contributed by atoms with Crippen LogP contribution in [0.3, 0.4) is 0 Å². The summed E-state index contributed by atoms with van der Waals surface area (Å²) in [5.41, 5.74) is 3.17. The van der Waals surface area contributed by atoms with Gasteiger partial charge in [-0.2, -0.15) is 5.10 Å². The summed E-state index contributed by atoms with van der Waals surface area (Å²) in [7, 11) is 1.63. The highest BCUT2D eigenvalue weighted by Gasteiger charge is 2.33. The molecular weight excluding hydrogens is 428 g/mol. The van der Waals surface area contributed by atoms with Gasteiger partial charge in [0.15, 0.2) is 0 Å². The number of likely N-dealkylation sites (tertiary alicyclic amines) is 1. The van der Waals surface area contributed by atoms with E-state index < -0.39 is 0 Å². The molecule has 1 aliphatic carbocycles. The Morgan fingerprint density at radius 1 is 1.06 bits per heavy atom. The Balaban J connectivity index is 1.41. The highest BCUT2D eigenvalue weighted by Crippen LogP contribution is 2.28. The third kappa shape index (κ3) is 4.98. The van der Waals surface area contributed by atoms with Crippen LogP contribution in [0.25, 0.3) is 11.3 Å². The number of rotatable bonds is 7. The van der Waals surface area contributed by atoms with Gasteiger partial charge in [-0.3, -0.25) is 14.3 Å². The lowest BCUT2D eigenvalue weighted by atomic mass is 9.96. The summed E-state index contributed by atoms with van der Waals surface area (Å²) < 4.78 is 7.11. The van der Waals surface area contributed by atoms with E-state index in [9.17, 15) is 9.59 Å². The number of carbonyl (C=O) groups excluding carboxylic acids is 2. The fraction of sp³-hybridized carbons (Fsp3) is 0.370. The van der Waals surface area contributed by atoms with E-state index in [2.05, 4.69) is 5.32 Å². The van der Waals surface area contributed by atoms with Crippen LogP contribution in [0, 0.1) is 5.92 Å². The minimum atomic E-state index is -0.151. The monoisotopic (exact) mass is 458 g/mol. The molecule has 2 aliphatic rings. The summed E-state index contributed by atoms with van der Waals surface area (Å²) in [4.78, 5) is 28.2. The Morgan fingerprint density at radius 3 is 2.53 bits per heavy atom. The maximum atomic E-state index is 13.7. The molecule has 1 aromatic heterocycles. The van der Waals surface area contributed by atoms with E-state index in [-0.39, 0.29) is 17.7 Å².